The van der Waals surface area contributed by atoms with Crippen molar-refractivity contribution in [3.8, 4) is 17.6 Å². The van der Waals surface area contributed by atoms with Crippen molar-refractivity contribution in [2.45, 2.75) is 44.6 Å². The van der Waals surface area contributed by atoms with Gasteiger partial charge in [0.2, 0.25) is 0 Å². The summed E-state index contributed by atoms with van der Waals surface area (Å²) in [6.45, 7) is 7.65. The fraction of sp³-hybridized carbons (Fsp3) is 0.556. The molecule has 1 aromatic rings. The first-order chi connectivity index (χ1) is 9.96. The third kappa shape index (κ3) is 5.95. The summed E-state index contributed by atoms with van der Waals surface area (Å²) < 4.78 is 5.74. The summed E-state index contributed by atoms with van der Waals surface area (Å²) in [7, 11) is -1.08. The second-order valence-corrected chi connectivity index (χ2v) is 12.6. The van der Waals surface area contributed by atoms with Crippen molar-refractivity contribution in [1.82, 2.24) is 0 Å². The van der Waals surface area contributed by atoms with Gasteiger partial charge in [0.15, 0.2) is 0 Å². The first kappa shape index (κ1) is 16.1. The predicted octanol–water partition coefficient (Wildman–Crippen LogP) is 3.79. The summed E-state index contributed by atoms with van der Waals surface area (Å²) in [5.41, 5.74) is 0. The normalized spacial score (nSPS) is 22.1. The summed E-state index contributed by atoms with van der Waals surface area (Å²) in [5, 5.41) is 10.1. The van der Waals surface area contributed by atoms with Crippen LogP contribution in [0, 0.1) is 23.7 Å². The van der Waals surface area contributed by atoms with Crippen LogP contribution in [0.15, 0.2) is 30.3 Å². The van der Waals surface area contributed by atoms with E-state index in [1.807, 2.05) is 30.3 Å². The van der Waals surface area contributed by atoms with Crippen LogP contribution < -0.4 is 4.74 Å². The molecule has 1 fully saturated rings. The molecular formula is C18H26O2Si. The zero-order valence-corrected chi connectivity index (χ0v) is 14.3. The van der Waals surface area contributed by atoms with Gasteiger partial charge in [-0.2, -0.15) is 0 Å². The van der Waals surface area contributed by atoms with Crippen LogP contribution in [-0.2, 0) is 0 Å². The van der Waals surface area contributed by atoms with Gasteiger partial charge in [0.05, 0.1) is 20.8 Å². The minimum atomic E-state index is -1.08. The largest absolute Gasteiger partial charge is 0.493 e. The highest BCUT2D eigenvalue weighted by Gasteiger charge is 2.42. The molecule has 0 aliphatic heterocycles. The number of hydrogen-bond acceptors (Lipinski definition) is 2. The quantitative estimate of drug-likeness (QED) is 0.640. The van der Waals surface area contributed by atoms with E-state index in [4.69, 9.17) is 4.74 Å². The average molecular weight is 302 g/mol. The maximum absolute atomic E-state index is 10.1. The molecule has 0 spiro atoms. The van der Waals surface area contributed by atoms with Gasteiger partial charge in [-0.25, -0.2) is 0 Å². The number of para-hydroxylation sites is 1. The summed E-state index contributed by atoms with van der Waals surface area (Å²) in [6, 6.07) is 10.9. The van der Waals surface area contributed by atoms with Crippen molar-refractivity contribution in [3.05, 3.63) is 30.3 Å². The lowest BCUT2D eigenvalue weighted by molar-refractivity contribution is 0.143. The van der Waals surface area contributed by atoms with Gasteiger partial charge in [0.1, 0.15) is 5.75 Å². The minimum Gasteiger partial charge on any atom is -0.493 e. The minimum absolute atomic E-state index is 0.288. The molecule has 3 heteroatoms. The number of benzene rings is 1. The maximum atomic E-state index is 10.1. The van der Waals surface area contributed by atoms with Crippen molar-refractivity contribution in [1.29, 1.82) is 0 Å². The van der Waals surface area contributed by atoms with Gasteiger partial charge in [-0.15, -0.1) is 11.8 Å². The summed E-state index contributed by atoms with van der Waals surface area (Å²) in [5.74, 6) is 8.15. The van der Waals surface area contributed by atoms with Crippen molar-refractivity contribution in [2.24, 2.45) is 11.8 Å². The SMILES string of the molecule is C[Si](C)(C)CC#CC[C@@H](O)[C@H]1C[C@@H]1COc1ccccc1. The second-order valence-electron chi connectivity index (χ2n) is 7.15. The molecule has 0 amide bonds. The zero-order chi connectivity index (χ0) is 15.3. The molecule has 0 saturated heterocycles. The van der Waals surface area contributed by atoms with E-state index in [0.29, 0.717) is 24.9 Å². The topological polar surface area (TPSA) is 29.5 Å². The van der Waals surface area contributed by atoms with E-state index < -0.39 is 8.07 Å². The van der Waals surface area contributed by atoms with Crippen molar-refractivity contribution < 1.29 is 9.84 Å². The predicted molar refractivity (Wildman–Crippen MR) is 90.1 cm³/mol. The molecule has 0 bridgehead atoms. The van der Waals surface area contributed by atoms with Gasteiger partial charge in [0, 0.05) is 12.5 Å². The van der Waals surface area contributed by atoms with Crippen LogP contribution in [0.4, 0.5) is 0 Å². The highest BCUT2D eigenvalue weighted by Crippen LogP contribution is 2.42. The Hall–Kier alpha value is -1.24. The van der Waals surface area contributed by atoms with Crippen LogP contribution in [0.3, 0.4) is 0 Å². The van der Waals surface area contributed by atoms with Crippen LogP contribution in [0.25, 0.3) is 0 Å². The molecule has 0 aromatic heterocycles. The number of rotatable bonds is 6. The number of ether oxygens (including phenoxy) is 1. The highest BCUT2D eigenvalue weighted by atomic mass is 28.3. The Morgan fingerprint density at radius 2 is 1.95 bits per heavy atom. The molecule has 21 heavy (non-hydrogen) atoms. The molecule has 1 saturated carbocycles. The Balaban J connectivity index is 1.66. The zero-order valence-electron chi connectivity index (χ0n) is 13.3. The van der Waals surface area contributed by atoms with Gasteiger partial charge < -0.3 is 9.84 Å². The van der Waals surface area contributed by atoms with E-state index >= 15 is 0 Å². The number of aliphatic hydroxyl groups is 1. The van der Waals surface area contributed by atoms with E-state index in [1.54, 1.807) is 0 Å². The van der Waals surface area contributed by atoms with E-state index in [0.717, 1.165) is 18.2 Å². The molecule has 2 rings (SSSR count). The van der Waals surface area contributed by atoms with Crippen molar-refractivity contribution in [2.75, 3.05) is 6.61 Å². The van der Waals surface area contributed by atoms with Gasteiger partial charge in [-0.3, -0.25) is 0 Å². The molecule has 1 aliphatic carbocycles. The van der Waals surface area contributed by atoms with Crippen LogP contribution in [-0.4, -0.2) is 25.9 Å². The molecule has 114 valence electrons. The first-order valence-electron chi connectivity index (χ1n) is 7.77. The summed E-state index contributed by atoms with van der Waals surface area (Å²) >= 11 is 0. The standard InChI is InChI=1S/C18H26O2Si/c1-21(2,3)12-8-7-11-18(19)17-13-15(17)14-20-16-9-5-4-6-10-16/h4-6,9-10,15,17-19H,11-14H2,1-3H3/t15-,17+,18-/m1/s1. The van der Waals surface area contributed by atoms with Gasteiger partial charge >= 0.3 is 0 Å². The van der Waals surface area contributed by atoms with Crippen LogP contribution >= 0.6 is 0 Å². The van der Waals surface area contributed by atoms with E-state index in [1.165, 1.54) is 0 Å². The van der Waals surface area contributed by atoms with E-state index in [9.17, 15) is 5.11 Å². The average Bonchev–Trinajstić information content (AvgIpc) is 3.21. The number of aliphatic hydroxyl groups excluding tert-OH is 1. The van der Waals surface area contributed by atoms with Crippen molar-refractivity contribution in [3.63, 3.8) is 0 Å². The maximum Gasteiger partial charge on any atom is 0.119 e. The molecule has 3 atom stereocenters. The van der Waals surface area contributed by atoms with Crippen LogP contribution in [0.1, 0.15) is 12.8 Å². The Morgan fingerprint density at radius 1 is 1.24 bits per heavy atom. The monoisotopic (exact) mass is 302 g/mol. The fourth-order valence-electron chi connectivity index (χ4n) is 2.31. The van der Waals surface area contributed by atoms with Gasteiger partial charge in [-0.1, -0.05) is 37.8 Å². The number of hydrogen-bond donors (Lipinski definition) is 1. The molecule has 1 N–H and O–H groups in total. The van der Waals surface area contributed by atoms with E-state index in [2.05, 4.69) is 31.5 Å². The molecule has 1 aromatic carbocycles. The highest BCUT2D eigenvalue weighted by molar-refractivity contribution is 6.76. The third-order valence-electron chi connectivity index (χ3n) is 3.73. The Morgan fingerprint density at radius 3 is 2.62 bits per heavy atom. The molecular weight excluding hydrogens is 276 g/mol. The molecule has 1 aliphatic rings. The lowest BCUT2D eigenvalue weighted by Crippen LogP contribution is -2.17. The van der Waals surface area contributed by atoms with Crippen molar-refractivity contribution >= 4 is 8.07 Å². The smallest absolute Gasteiger partial charge is 0.119 e. The van der Waals surface area contributed by atoms with Gasteiger partial charge in [0.25, 0.3) is 0 Å². The third-order valence-corrected chi connectivity index (χ3v) is 4.97. The lowest BCUT2D eigenvalue weighted by atomic mass is 10.1. The Labute approximate surface area is 129 Å². The molecule has 0 radical (unpaired) electrons. The lowest BCUT2D eigenvalue weighted by Gasteiger charge is -2.10. The van der Waals surface area contributed by atoms with Crippen LogP contribution in [0.5, 0.6) is 5.75 Å². The Kier molecular flexibility index (Phi) is 5.49. The second kappa shape index (κ2) is 7.15. The Bertz CT molecular complexity index is 495. The fourth-order valence-corrected chi connectivity index (χ4v) is 2.96. The first-order valence-corrected chi connectivity index (χ1v) is 11.5. The summed E-state index contributed by atoms with van der Waals surface area (Å²) in [4.78, 5) is 0. The van der Waals surface area contributed by atoms with Crippen LogP contribution in [0.2, 0.25) is 25.7 Å². The van der Waals surface area contributed by atoms with E-state index in [-0.39, 0.29) is 6.10 Å². The summed E-state index contributed by atoms with van der Waals surface area (Å²) in [6.07, 6.45) is 1.38. The molecule has 0 heterocycles. The van der Waals surface area contributed by atoms with Gasteiger partial charge in [-0.05, 0) is 30.4 Å². The molecule has 0 unspecified atom stereocenters. The molecule has 2 nitrogen and oxygen atoms in total.